The third-order valence-corrected chi connectivity index (χ3v) is 4.54. The Balaban J connectivity index is 2.42. The van der Waals surface area contributed by atoms with Gasteiger partial charge in [0.15, 0.2) is 0 Å². The third-order valence-electron chi connectivity index (χ3n) is 3.26. The minimum atomic E-state index is -0.164. The van der Waals surface area contributed by atoms with Gasteiger partial charge in [-0.05, 0) is 32.4 Å². The lowest BCUT2D eigenvalue weighted by molar-refractivity contribution is 0.566. The first-order valence-electron chi connectivity index (χ1n) is 6.13. The fraction of sp³-hybridized carbons (Fsp3) is 0.333. The van der Waals surface area contributed by atoms with Crippen LogP contribution >= 0.6 is 11.8 Å². The number of aromatic nitrogens is 1. The van der Waals surface area contributed by atoms with Crippen LogP contribution in [0.4, 0.5) is 0 Å². The molecule has 0 fully saturated rings. The van der Waals surface area contributed by atoms with Gasteiger partial charge < -0.3 is 4.57 Å². The molecule has 0 amide bonds. The largest absolute Gasteiger partial charge is 0.322 e. The maximum Gasteiger partial charge on any atom is 0.120 e. The van der Waals surface area contributed by atoms with Gasteiger partial charge in [0.25, 0.3) is 0 Å². The molecule has 2 nitrogen and oxygen atoms in total. The van der Waals surface area contributed by atoms with Crippen molar-refractivity contribution in [3.63, 3.8) is 0 Å². The van der Waals surface area contributed by atoms with Crippen molar-refractivity contribution >= 4 is 22.5 Å². The van der Waals surface area contributed by atoms with E-state index in [4.69, 9.17) is 4.99 Å². The summed E-state index contributed by atoms with van der Waals surface area (Å²) in [5.41, 5.74) is 4.00. The van der Waals surface area contributed by atoms with Crippen molar-refractivity contribution in [2.24, 2.45) is 4.99 Å². The lowest BCUT2D eigenvalue weighted by atomic mass is 10.00. The van der Waals surface area contributed by atoms with Gasteiger partial charge in [-0.1, -0.05) is 31.3 Å². The summed E-state index contributed by atoms with van der Waals surface area (Å²) >= 11 is 1.68. The van der Waals surface area contributed by atoms with Crippen molar-refractivity contribution in [3.8, 4) is 0 Å². The van der Waals surface area contributed by atoms with Crippen LogP contribution in [-0.4, -0.2) is 15.1 Å². The van der Waals surface area contributed by atoms with Crippen molar-refractivity contribution in [1.29, 1.82) is 0 Å². The average molecular weight is 258 g/mol. The molecule has 0 N–H and O–H groups in total. The average Bonchev–Trinajstić information content (AvgIpc) is 2.99. The summed E-state index contributed by atoms with van der Waals surface area (Å²) in [5.74, 6) is 0. The predicted octanol–water partition coefficient (Wildman–Crippen LogP) is 4.33. The Labute approximate surface area is 113 Å². The minimum absolute atomic E-state index is 0.164. The van der Waals surface area contributed by atoms with E-state index < -0.39 is 0 Å². The summed E-state index contributed by atoms with van der Waals surface area (Å²) in [4.78, 5) is 5.99. The molecule has 1 aromatic heterocycles. The maximum atomic E-state index is 4.87. The molecule has 0 saturated carbocycles. The van der Waals surface area contributed by atoms with E-state index in [9.17, 15) is 0 Å². The highest BCUT2D eigenvalue weighted by molar-refractivity contribution is 8.18. The summed E-state index contributed by atoms with van der Waals surface area (Å²) in [7, 11) is 0. The molecule has 18 heavy (non-hydrogen) atoms. The molecule has 0 bridgehead atoms. The number of hydrogen-bond donors (Lipinski definition) is 0. The van der Waals surface area contributed by atoms with Gasteiger partial charge in [-0.15, -0.1) is 5.73 Å². The summed E-state index contributed by atoms with van der Waals surface area (Å²) in [5, 5.41) is 1.05. The summed E-state index contributed by atoms with van der Waals surface area (Å²) in [6, 6.07) is 4.04. The van der Waals surface area contributed by atoms with Crippen LogP contribution in [0.1, 0.15) is 27.2 Å². The number of allylic oxidation sites excluding steroid dienone is 1. The van der Waals surface area contributed by atoms with E-state index in [1.54, 1.807) is 11.8 Å². The molecular formula is C15H18N2S. The van der Waals surface area contributed by atoms with Crippen molar-refractivity contribution < 1.29 is 0 Å². The molecule has 1 aliphatic rings. The van der Waals surface area contributed by atoms with E-state index >= 15 is 0 Å². The zero-order chi connectivity index (χ0) is 13.2. The Bertz CT molecular complexity index is 545. The number of aliphatic imine (C=N–C) groups is 1. The van der Waals surface area contributed by atoms with Gasteiger partial charge in [0.05, 0.1) is 16.1 Å². The SMILES string of the molecule is C=C=C1SC(/C(=C/C)n2cccc2)=NC1(C)CC. The Hall–Kier alpha value is -1.44. The molecule has 0 spiro atoms. The van der Waals surface area contributed by atoms with Crippen LogP contribution in [0, 0.1) is 0 Å². The quantitative estimate of drug-likeness (QED) is 0.738. The molecule has 1 unspecified atom stereocenters. The van der Waals surface area contributed by atoms with Gasteiger partial charge in [-0.25, -0.2) is 0 Å². The number of rotatable bonds is 3. The second kappa shape index (κ2) is 5.05. The van der Waals surface area contributed by atoms with Crippen molar-refractivity contribution in [1.82, 2.24) is 4.57 Å². The number of hydrogen-bond acceptors (Lipinski definition) is 2. The predicted molar refractivity (Wildman–Crippen MR) is 80.8 cm³/mol. The summed E-state index contributed by atoms with van der Waals surface area (Å²) < 4.78 is 2.09. The van der Waals surface area contributed by atoms with E-state index in [1.807, 2.05) is 31.5 Å². The van der Waals surface area contributed by atoms with Crippen LogP contribution in [0.2, 0.25) is 0 Å². The van der Waals surface area contributed by atoms with Crippen LogP contribution in [0.25, 0.3) is 5.70 Å². The van der Waals surface area contributed by atoms with Crippen molar-refractivity contribution in [2.75, 3.05) is 0 Å². The third kappa shape index (κ3) is 2.12. The van der Waals surface area contributed by atoms with Gasteiger partial charge in [0.2, 0.25) is 0 Å². The molecule has 3 heteroatoms. The topological polar surface area (TPSA) is 17.3 Å². The monoisotopic (exact) mass is 258 g/mol. The molecule has 0 aromatic carbocycles. The highest BCUT2D eigenvalue weighted by Gasteiger charge is 2.35. The van der Waals surface area contributed by atoms with Crippen molar-refractivity contribution in [2.45, 2.75) is 32.7 Å². The molecule has 1 aromatic rings. The van der Waals surface area contributed by atoms with Crippen LogP contribution < -0.4 is 0 Å². The van der Waals surface area contributed by atoms with Crippen molar-refractivity contribution in [3.05, 3.63) is 47.8 Å². The molecule has 2 heterocycles. The Morgan fingerprint density at radius 1 is 1.56 bits per heavy atom. The normalized spacial score (nSPS) is 24.1. The van der Waals surface area contributed by atoms with Gasteiger partial charge in [-0.2, -0.15) is 0 Å². The molecule has 0 radical (unpaired) electrons. The second-order valence-corrected chi connectivity index (χ2v) is 5.42. The molecule has 1 atom stereocenters. The van der Waals surface area contributed by atoms with Gasteiger partial charge in [-0.3, -0.25) is 4.99 Å². The number of thioether (sulfide) groups is 1. The maximum absolute atomic E-state index is 4.87. The highest BCUT2D eigenvalue weighted by Crippen LogP contribution is 2.43. The van der Waals surface area contributed by atoms with Gasteiger partial charge in [0.1, 0.15) is 5.04 Å². The standard InChI is InChI=1S/C15H18N2S/c1-5-12(17-10-8-9-11-17)14-16-15(4,7-3)13(6-2)18-14/h5,8-11H,2,7H2,1,3-4H3/b12-5-. The van der Waals surface area contributed by atoms with E-state index in [1.165, 1.54) is 0 Å². The first-order chi connectivity index (χ1) is 8.64. The number of nitrogens with zero attached hydrogens (tertiary/aromatic N) is 2. The molecule has 0 saturated heterocycles. The molecule has 0 aliphatic carbocycles. The lowest BCUT2D eigenvalue weighted by Gasteiger charge is -2.17. The molecule has 1 aliphatic heterocycles. The van der Waals surface area contributed by atoms with Crippen LogP contribution in [0.15, 0.2) is 52.8 Å². The molecule has 94 valence electrons. The van der Waals surface area contributed by atoms with Gasteiger partial charge >= 0.3 is 0 Å². The Morgan fingerprint density at radius 3 is 2.67 bits per heavy atom. The zero-order valence-corrected chi connectivity index (χ0v) is 11.9. The second-order valence-electron chi connectivity index (χ2n) is 4.42. The van der Waals surface area contributed by atoms with Gasteiger partial charge in [0, 0.05) is 12.4 Å². The fourth-order valence-electron chi connectivity index (χ4n) is 1.96. The molecule has 2 rings (SSSR count). The van der Waals surface area contributed by atoms with Crippen LogP contribution in [0.5, 0.6) is 0 Å². The summed E-state index contributed by atoms with van der Waals surface area (Å²) in [6.45, 7) is 10.1. The molecular weight excluding hydrogens is 240 g/mol. The first-order valence-corrected chi connectivity index (χ1v) is 6.94. The van der Waals surface area contributed by atoms with E-state index in [0.717, 1.165) is 22.1 Å². The zero-order valence-electron chi connectivity index (χ0n) is 11.1. The lowest BCUT2D eigenvalue weighted by Crippen LogP contribution is -2.18. The van der Waals surface area contributed by atoms with E-state index in [2.05, 4.69) is 36.8 Å². The smallest absolute Gasteiger partial charge is 0.120 e. The first kappa shape index (κ1) is 13.0. The Morgan fingerprint density at radius 2 is 2.22 bits per heavy atom. The summed E-state index contributed by atoms with van der Waals surface area (Å²) in [6.07, 6.45) is 7.13. The van der Waals surface area contributed by atoms with E-state index in [-0.39, 0.29) is 5.54 Å². The van der Waals surface area contributed by atoms with Crippen LogP contribution in [0.3, 0.4) is 0 Å². The van der Waals surface area contributed by atoms with E-state index in [0.29, 0.717) is 0 Å². The minimum Gasteiger partial charge on any atom is -0.322 e. The van der Waals surface area contributed by atoms with Crippen LogP contribution in [-0.2, 0) is 0 Å². The fourth-order valence-corrected chi connectivity index (χ4v) is 3.21. The Kier molecular flexibility index (Phi) is 3.65. The highest BCUT2D eigenvalue weighted by atomic mass is 32.2.